The van der Waals surface area contributed by atoms with Gasteiger partial charge in [-0.1, -0.05) is 23.2 Å². The average Bonchev–Trinajstić information content (AvgIpc) is 2.50. The molecule has 3 rings (SSSR count). The Balaban J connectivity index is 2.29. The molecule has 5 nitrogen and oxygen atoms in total. The van der Waals surface area contributed by atoms with Crippen molar-refractivity contribution in [1.82, 2.24) is 9.13 Å². The van der Waals surface area contributed by atoms with Gasteiger partial charge in [0.2, 0.25) is 5.88 Å². The van der Waals surface area contributed by atoms with Gasteiger partial charge in [0.05, 0.1) is 17.4 Å². The van der Waals surface area contributed by atoms with Crippen molar-refractivity contribution in [2.24, 2.45) is 0 Å². The molecule has 0 aliphatic carbocycles. The number of aromatic nitrogens is 2. The maximum absolute atomic E-state index is 12.7. The van der Waals surface area contributed by atoms with Crippen molar-refractivity contribution < 1.29 is 5.11 Å². The predicted octanol–water partition coefficient (Wildman–Crippen LogP) is 3.00. The van der Waals surface area contributed by atoms with E-state index in [-0.39, 0.29) is 0 Å². The van der Waals surface area contributed by atoms with Crippen molar-refractivity contribution >= 4 is 23.2 Å². The van der Waals surface area contributed by atoms with Crippen LogP contribution in [-0.2, 0) is 0 Å². The SMILES string of the molecule is O=c1cc(O)n(-c2ccc(Cl)cc2)c(=O)n1-c1ccc(Cl)cc1. The summed E-state index contributed by atoms with van der Waals surface area (Å²) in [6.45, 7) is 0. The fourth-order valence-electron chi connectivity index (χ4n) is 2.19. The first kappa shape index (κ1) is 15.4. The Kier molecular flexibility index (Phi) is 3.98. The molecule has 23 heavy (non-hydrogen) atoms. The number of benzene rings is 2. The molecule has 0 unspecified atom stereocenters. The molecular weight excluding hydrogens is 339 g/mol. The Morgan fingerprint density at radius 3 is 1.65 bits per heavy atom. The van der Waals surface area contributed by atoms with E-state index in [9.17, 15) is 14.7 Å². The molecule has 0 fully saturated rings. The van der Waals surface area contributed by atoms with E-state index in [4.69, 9.17) is 23.2 Å². The summed E-state index contributed by atoms with van der Waals surface area (Å²) in [5.41, 5.74) is -0.591. The molecule has 116 valence electrons. The molecule has 1 heterocycles. The van der Waals surface area contributed by atoms with Gasteiger partial charge >= 0.3 is 5.69 Å². The third-order valence-corrected chi connectivity index (χ3v) is 3.76. The topological polar surface area (TPSA) is 64.2 Å². The normalized spacial score (nSPS) is 10.7. The van der Waals surface area contributed by atoms with Crippen LogP contribution in [0.3, 0.4) is 0 Å². The van der Waals surface area contributed by atoms with Crippen LogP contribution in [0.5, 0.6) is 5.88 Å². The van der Waals surface area contributed by atoms with Crippen molar-refractivity contribution in [2.45, 2.75) is 0 Å². The van der Waals surface area contributed by atoms with E-state index in [1.165, 1.54) is 0 Å². The van der Waals surface area contributed by atoms with Crippen LogP contribution in [0.25, 0.3) is 11.4 Å². The summed E-state index contributed by atoms with van der Waals surface area (Å²) < 4.78 is 1.97. The van der Waals surface area contributed by atoms with Gasteiger partial charge < -0.3 is 5.11 Å². The smallest absolute Gasteiger partial charge is 0.343 e. The molecule has 0 aliphatic rings. The summed E-state index contributed by atoms with van der Waals surface area (Å²) in [5, 5.41) is 11.0. The largest absolute Gasteiger partial charge is 0.494 e. The average molecular weight is 349 g/mol. The fourth-order valence-corrected chi connectivity index (χ4v) is 2.44. The number of nitrogens with zero attached hydrogens (tertiary/aromatic N) is 2. The summed E-state index contributed by atoms with van der Waals surface area (Å²) >= 11 is 11.7. The number of hydrogen-bond acceptors (Lipinski definition) is 3. The Morgan fingerprint density at radius 2 is 1.17 bits per heavy atom. The maximum atomic E-state index is 12.7. The summed E-state index contributed by atoms with van der Waals surface area (Å²) in [5.74, 6) is -0.451. The zero-order chi connectivity index (χ0) is 16.6. The second-order valence-corrected chi connectivity index (χ2v) is 5.62. The molecule has 0 atom stereocenters. The predicted molar refractivity (Wildman–Crippen MR) is 89.3 cm³/mol. The molecule has 0 aliphatic heterocycles. The Hall–Kier alpha value is -2.50. The maximum Gasteiger partial charge on any atom is 0.343 e. The second kappa shape index (κ2) is 5.95. The molecule has 0 spiro atoms. The Labute approximate surface area is 140 Å². The van der Waals surface area contributed by atoms with Crippen LogP contribution in [0, 0.1) is 0 Å². The Bertz CT molecular complexity index is 974. The molecule has 1 N–H and O–H groups in total. The molecule has 1 aromatic heterocycles. The van der Waals surface area contributed by atoms with Crippen LogP contribution in [0.15, 0.2) is 64.2 Å². The van der Waals surface area contributed by atoms with Gasteiger partial charge in [-0.05, 0) is 48.5 Å². The minimum absolute atomic E-state index is 0.354. The minimum atomic E-state index is -0.695. The first-order valence-electron chi connectivity index (χ1n) is 6.57. The number of aromatic hydroxyl groups is 1. The van der Waals surface area contributed by atoms with Gasteiger partial charge in [0.25, 0.3) is 5.56 Å². The van der Waals surface area contributed by atoms with Gasteiger partial charge in [-0.3, -0.25) is 4.79 Å². The first-order valence-corrected chi connectivity index (χ1v) is 7.33. The van der Waals surface area contributed by atoms with E-state index in [1.54, 1.807) is 48.5 Å². The molecule has 7 heteroatoms. The van der Waals surface area contributed by atoms with E-state index in [0.29, 0.717) is 21.4 Å². The zero-order valence-electron chi connectivity index (χ0n) is 11.6. The van der Waals surface area contributed by atoms with Crippen LogP contribution in [0.2, 0.25) is 10.0 Å². The van der Waals surface area contributed by atoms with Crippen LogP contribution in [-0.4, -0.2) is 14.2 Å². The third-order valence-electron chi connectivity index (χ3n) is 3.25. The standard InChI is InChI=1S/C16H10Cl2N2O3/c17-10-1-5-12(6-2-10)19-14(21)9-15(22)20(16(19)23)13-7-3-11(18)4-8-13/h1-9,21H. The lowest BCUT2D eigenvalue weighted by molar-refractivity contribution is 0.428. The molecule has 0 amide bonds. The van der Waals surface area contributed by atoms with Crippen LogP contribution in [0.1, 0.15) is 0 Å². The molecule has 3 aromatic rings. The molecule has 0 saturated heterocycles. The molecule has 0 bridgehead atoms. The second-order valence-electron chi connectivity index (χ2n) is 4.75. The van der Waals surface area contributed by atoms with Crippen LogP contribution >= 0.6 is 23.2 Å². The van der Waals surface area contributed by atoms with E-state index < -0.39 is 17.1 Å². The minimum Gasteiger partial charge on any atom is -0.494 e. The van der Waals surface area contributed by atoms with Gasteiger partial charge in [-0.25, -0.2) is 13.9 Å². The van der Waals surface area contributed by atoms with Crippen molar-refractivity contribution in [3.8, 4) is 17.3 Å². The van der Waals surface area contributed by atoms with Crippen molar-refractivity contribution in [2.75, 3.05) is 0 Å². The lowest BCUT2D eigenvalue weighted by Crippen LogP contribution is -2.37. The number of hydrogen-bond donors (Lipinski definition) is 1. The van der Waals surface area contributed by atoms with Gasteiger partial charge in [-0.15, -0.1) is 0 Å². The van der Waals surface area contributed by atoms with Gasteiger partial charge in [-0.2, -0.15) is 0 Å². The summed E-state index contributed by atoms with van der Waals surface area (Å²) in [7, 11) is 0. The monoisotopic (exact) mass is 348 g/mol. The summed E-state index contributed by atoms with van der Waals surface area (Å²) in [6.07, 6.45) is 0. The molecular formula is C16H10Cl2N2O3. The zero-order valence-corrected chi connectivity index (χ0v) is 13.1. The highest BCUT2D eigenvalue weighted by Crippen LogP contribution is 2.17. The van der Waals surface area contributed by atoms with E-state index in [2.05, 4.69) is 0 Å². The van der Waals surface area contributed by atoms with Gasteiger partial charge in [0, 0.05) is 10.0 Å². The lowest BCUT2D eigenvalue weighted by atomic mass is 10.3. The molecule has 0 saturated carbocycles. The number of halogens is 2. The fraction of sp³-hybridized carbons (Fsp3) is 0. The van der Waals surface area contributed by atoms with Crippen LogP contribution < -0.4 is 11.2 Å². The highest BCUT2D eigenvalue weighted by atomic mass is 35.5. The molecule has 2 aromatic carbocycles. The van der Waals surface area contributed by atoms with Gasteiger partial charge in [0.15, 0.2) is 0 Å². The third kappa shape index (κ3) is 2.88. The first-order chi connectivity index (χ1) is 11.0. The quantitative estimate of drug-likeness (QED) is 0.774. The Morgan fingerprint density at radius 1 is 0.739 bits per heavy atom. The van der Waals surface area contributed by atoms with E-state index >= 15 is 0 Å². The van der Waals surface area contributed by atoms with Crippen molar-refractivity contribution in [3.05, 3.63) is 85.5 Å². The highest BCUT2D eigenvalue weighted by Gasteiger charge is 2.13. The highest BCUT2D eigenvalue weighted by molar-refractivity contribution is 6.30. The van der Waals surface area contributed by atoms with Crippen molar-refractivity contribution in [3.63, 3.8) is 0 Å². The summed E-state index contributed by atoms with van der Waals surface area (Å²) in [6, 6.07) is 13.5. The number of rotatable bonds is 2. The van der Waals surface area contributed by atoms with Crippen molar-refractivity contribution in [1.29, 1.82) is 0 Å². The lowest BCUT2D eigenvalue weighted by Gasteiger charge is -2.12. The van der Waals surface area contributed by atoms with Crippen LogP contribution in [0.4, 0.5) is 0 Å². The molecule has 0 radical (unpaired) electrons. The summed E-state index contributed by atoms with van der Waals surface area (Å²) in [4.78, 5) is 24.8. The van der Waals surface area contributed by atoms with Gasteiger partial charge in [0.1, 0.15) is 0 Å². The van der Waals surface area contributed by atoms with E-state index in [1.807, 2.05) is 0 Å². The van der Waals surface area contributed by atoms with E-state index in [0.717, 1.165) is 15.2 Å².